The zero-order valence-corrected chi connectivity index (χ0v) is 27.4. The first-order valence-electron chi connectivity index (χ1n) is 16.6. The minimum atomic E-state index is -1.44. The zero-order chi connectivity index (χ0) is 33.8. The van der Waals surface area contributed by atoms with E-state index in [0.29, 0.717) is 28.2 Å². The highest BCUT2D eigenvalue weighted by Gasteiger charge is 2.56. The molecule has 4 fully saturated rings. The third-order valence-corrected chi connectivity index (χ3v) is 10.5. The maximum absolute atomic E-state index is 13.8. The topological polar surface area (TPSA) is 140 Å². The number of rotatable bonds is 8. The van der Waals surface area contributed by atoms with Crippen molar-refractivity contribution in [1.29, 1.82) is 0 Å². The van der Waals surface area contributed by atoms with Crippen LogP contribution < -0.4 is 16.1 Å². The first-order valence-corrected chi connectivity index (χ1v) is 16.6. The number of pyridine rings is 2. The second kappa shape index (κ2) is 12.0. The van der Waals surface area contributed by atoms with Crippen molar-refractivity contribution in [2.75, 3.05) is 7.11 Å². The molecule has 5 atom stereocenters. The van der Waals surface area contributed by atoms with Gasteiger partial charge in [-0.1, -0.05) is 30.3 Å². The van der Waals surface area contributed by atoms with Crippen molar-refractivity contribution >= 4 is 28.8 Å². The summed E-state index contributed by atoms with van der Waals surface area (Å²) in [5.41, 5.74) is 0.635. The normalized spacial score (nSPS) is 24.3. The number of hydrogen-bond acceptors (Lipinski definition) is 7. The SMILES string of the molecule is COC(=O)c1c(Cc2ccc(C(=O)NC3C4CC5C[C@@H]3CC(NC(=O)C(C)(C)O)(C5)C4)cc2)c(=O)c2cccnc2n1-c1ccccc1. The molecule has 0 radical (unpaired) electrons. The Morgan fingerprint density at radius 3 is 2.31 bits per heavy atom. The van der Waals surface area contributed by atoms with E-state index in [4.69, 9.17) is 4.74 Å². The third-order valence-electron chi connectivity index (χ3n) is 10.5. The number of carbonyl (C=O) groups is 3. The minimum Gasteiger partial charge on any atom is -0.464 e. The smallest absolute Gasteiger partial charge is 0.355 e. The molecule has 2 heterocycles. The monoisotopic (exact) mass is 648 g/mol. The van der Waals surface area contributed by atoms with Crippen molar-refractivity contribution < 1.29 is 24.2 Å². The summed E-state index contributed by atoms with van der Waals surface area (Å²) in [6.45, 7) is 3.02. The lowest BCUT2D eigenvalue weighted by molar-refractivity contribution is -0.143. The first kappa shape index (κ1) is 31.8. The molecular formula is C38H40N4O6. The molecule has 4 saturated carbocycles. The average Bonchev–Trinajstić information content (AvgIpc) is 3.07. The number of fused-ring (bicyclic) bond motifs is 1. The number of para-hydroxylation sites is 1. The van der Waals surface area contributed by atoms with Gasteiger partial charge in [-0.05, 0) is 106 Å². The second-order valence-corrected chi connectivity index (χ2v) is 14.3. The molecule has 2 amide bonds. The Bertz CT molecular complexity index is 1950. The number of aliphatic hydroxyl groups is 1. The zero-order valence-electron chi connectivity index (χ0n) is 27.4. The number of benzene rings is 2. The molecule has 2 aromatic heterocycles. The number of aromatic nitrogens is 2. The molecule has 4 aliphatic rings. The van der Waals surface area contributed by atoms with Crippen LogP contribution in [0.3, 0.4) is 0 Å². The lowest BCUT2D eigenvalue weighted by Crippen LogP contribution is -2.68. The van der Waals surface area contributed by atoms with Gasteiger partial charge in [-0.15, -0.1) is 0 Å². The molecule has 4 unspecified atom stereocenters. The molecule has 4 aliphatic carbocycles. The van der Waals surface area contributed by atoms with Gasteiger partial charge in [0.05, 0.1) is 12.5 Å². The van der Waals surface area contributed by atoms with Crippen LogP contribution in [0.25, 0.3) is 16.7 Å². The summed E-state index contributed by atoms with van der Waals surface area (Å²) >= 11 is 0. The lowest BCUT2D eigenvalue weighted by Gasteiger charge is -2.60. The number of hydrogen-bond donors (Lipinski definition) is 3. The molecule has 0 saturated heterocycles. The van der Waals surface area contributed by atoms with Gasteiger partial charge in [0.25, 0.3) is 11.8 Å². The fourth-order valence-electron chi connectivity index (χ4n) is 8.59. The van der Waals surface area contributed by atoms with Crippen LogP contribution in [0.15, 0.2) is 77.7 Å². The quantitative estimate of drug-likeness (QED) is 0.242. The number of nitrogens with one attached hydrogen (secondary N) is 2. The Balaban J connectivity index is 1.13. The van der Waals surface area contributed by atoms with Gasteiger partial charge in [0.15, 0.2) is 5.43 Å². The molecule has 2 aromatic carbocycles. The van der Waals surface area contributed by atoms with Crippen LogP contribution in [0.4, 0.5) is 0 Å². The van der Waals surface area contributed by atoms with Gasteiger partial charge in [0.1, 0.15) is 16.9 Å². The maximum atomic E-state index is 13.8. The molecule has 48 heavy (non-hydrogen) atoms. The van der Waals surface area contributed by atoms with Gasteiger partial charge in [0, 0.05) is 41.0 Å². The molecule has 0 aliphatic heterocycles. The van der Waals surface area contributed by atoms with E-state index in [1.165, 1.54) is 21.0 Å². The van der Waals surface area contributed by atoms with Crippen LogP contribution in [-0.4, -0.2) is 56.7 Å². The highest BCUT2D eigenvalue weighted by molar-refractivity contribution is 5.95. The highest BCUT2D eigenvalue weighted by Crippen LogP contribution is 2.56. The first-order chi connectivity index (χ1) is 23.0. The lowest BCUT2D eigenvalue weighted by atomic mass is 9.51. The number of nitrogens with zero attached hydrogens (tertiary/aromatic N) is 2. The fraction of sp³-hybridized carbons (Fsp3) is 0.395. The molecule has 8 rings (SSSR count). The predicted molar refractivity (Wildman–Crippen MR) is 180 cm³/mol. The van der Waals surface area contributed by atoms with Gasteiger partial charge >= 0.3 is 5.97 Å². The fourth-order valence-corrected chi connectivity index (χ4v) is 8.59. The average molecular weight is 649 g/mol. The molecule has 4 aromatic rings. The Morgan fingerprint density at radius 1 is 0.979 bits per heavy atom. The van der Waals surface area contributed by atoms with Gasteiger partial charge in [0.2, 0.25) is 0 Å². The number of esters is 1. The molecule has 10 heteroatoms. The van der Waals surface area contributed by atoms with E-state index in [1.807, 2.05) is 42.5 Å². The maximum Gasteiger partial charge on any atom is 0.355 e. The number of methoxy groups -OCH3 is 1. The van der Waals surface area contributed by atoms with Gasteiger partial charge in [-0.3, -0.25) is 19.0 Å². The summed E-state index contributed by atoms with van der Waals surface area (Å²) in [7, 11) is 1.29. The minimum absolute atomic E-state index is 0.0196. The molecule has 0 spiro atoms. The number of amides is 2. The van der Waals surface area contributed by atoms with Gasteiger partial charge in [-0.25, -0.2) is 9.78 Å². The van der Waals surface area contributed by atoms with Crippen LogP contribution in [0.1, 0.15) is 77.9 Å². The van der Waals surface area contributed by atoms with Gasteiger partial charge < -0.3 is 20.5 Å². The summed E-state index contributed by atoms with van der Waals surface area (Å²) in [6, 6.07) is 19.8. The number of ether oxygens (including phenoxy) is 1. The van der Waals surface area contributed by atoms with Crippen molar-refractivity contribution in [3.63, 3.8) is 0 Å². The van der Waals surface area contributed by atoms with E-state index in [2.05, 4.69) is 15.6 Å². The molecule has 4 bridgehead atoms. The van der Waals surface area contributed by atoms with E-state index >= 15 is 0 Å². The summed E-state index contributed by atoms with van der Waals surface area (Å²) in [4.78, 5) is 57.8. The van der Waals surface area contributed by atoms with Crippen molar-refractivity contribution in [1.82, 2.24) is 20.2 Å². The van der Waals surface area contributed by atoms with E-state index in [9.17, 15) is 24.3 Å². The van der Waals surface area contributed by atoms with Crippen molar-refractivity contribution in [3.05, 3.63) is 106 Å². The van der Waals surface area contributed by atoms with Crippen molar-refractivity contribution in [2.45, 2.75) is 69.6 Å². The summed E-state index contributed by atoms with van der Waals surface area (Å²) in [6.07, 6.45) is 6.27. The van der Waals surface area contributed by atoms with E-state index in [-0.39, 0.29) is 58.3 Å². The van der Waals surface area contributed by atoms with Crippen LogP contribution in [0.2, 0.25) is 0 Å². The molecule has 248 valence electrons. The standard InChI is InChI=1S/C38H40N4O6/c1-37(2,47)36(46)41-38-19-23-16-25(20-38)30(26(17-23)21-38)40-34(44)24-13-11-22(12-14-24)18-29-31(35(45)48-3)42(27-8-5-4-6-9-27)33-28(32(29)43)10-7-15-39-33/h4-15,23,25-26,30,47H,16-21H2,1-3H3,(H,40,44)(H,41,46)/t23?,25-,26?,30?,38?/m1/s1. The Morgan fingerprint density at radius 2 is 1.67 bits per heavy atom. The Hall–Kier alpha value is -4.83. The summed E-state index contributed by atoms with van der Waals surface area (Å²) < 4.78 is 6.84. The Kier molecular flexibility index (Phi) is 7.94. The summed E-state index contributed by atoms with van der Waals surface area (Å²) in [5.74, 6) is -0.133. The molecule has 10 nitrogen and oxygen atoms in total. The van der Waals surface area contributed by atoms with Gasteiger partial charge in [-0.2, -0.15) is 0 Å². The molecule has 3 N–H and O–H groups in total. The number of carbonyl (C=O) groups excluding carboxylic acids is 3. The Labute approximate surface area is 278 Å². The van der Waals surface area contributed by atoms with Crippen LogP contribution >= 0.6 is 0 Å². The van der Waals surface area contributed by atoms with E-state index < -0.39 is 11.6 Å². The second-order valence-electron chi connectivity index (χ2n) is 14.3. The van der Waals surface area contributed by atoms with Crippen molar-refractivity contribution in [2.24, 2.45) is 17.8 Å². The largest absolute Gasteiger partial charge is 0.464 e. The van der Waals surface area contributed by atoms with Crippen molar-refractivity contribution in [3.8, 4) is 5.69 Å². The van der Waals surface area contributed by atoms with Crippen LogP contribution in [-0.2, 0) is 16.0 Å². The van der Waals surface area contributed by atoms with Crippen LogP contribution in [0, 0.1) is 17.8 Å². The summed E-state index contributed by atoms with van der Waals surface area (Å²) in [5, 5.41) is 17.1. The van der Waals surface area contributed by atoms with Crippen LogP contribution in [0.5, 0.6) is 0 Å². The predicted octanol–water partition coefficient (Wildman–Crippen LogP) is 4.33. The third kappa shape index (κ3) is 5.68. The highest BCUT2D eigenvalue weighted by atomic mass is 16.5. The van der Waals surface area contributed by atoms with E-state index in [1.54, 1.807) is 35.0 Å². The molecular weight excluding hydrogens is 608 g/mol. The van der Waals surface area contributed by atoms with E-state index in [0.717, 1.165) is 37.7 Å².